The Morgan fingerprint density at radius 1 is 0.684 bits per heavy atom. The minimum absolute atomic E-state index is 0.130. The number of likely N-dealkylation sites (tertiary alicyclic amines) is 1. The highest BCUT2D eigenvalue weighted by atomic mass is 79.9. The van der Waals surface area contributed by atoms with Gasteiger partial charge in [0, 0.05) is 45.1 Å². The minimum Gasteiger partial charge on any atom is -0.481 e. The maximum atomic E-state index is 14.1. The summed E-state index contributed by atoms with van der Waals surface area (Å²) in [7, 11) is -3.65. The summed E-state index contributed by atoms with van der Waals surface area (Å²) in [4.78, 5) is 32.0. The van der Waals surface area contributed by atoms with Gasteiger partial charge >= 0.3 is 5.97 Å². The number of aliphatic carboxylic acids is 1. The van der Waals surface area contributed by atoms with Crippen molar-refractivity contribution in [2.24, 2.45) is 17.8 Å². The molecule has 420 valence electrons. The van der Waals surface area contributed by atoms with Crippen LogP contribution in [0.5, 0.6) is 0 Å². The van der Waals surface area contributed by atoms with Gasteiger partial charge in [-0.25, -0.2) is 0 Å². The molecule has 1 aliphatic heterocycles. The Morgan fingerprint density at radius 3 is 1.76 bits per heavy atom. The molecule has 0 spiro atoms. The molecule has 1 amide bonds. The first-order chi connectivity index (χ1) is 37.7. The van der Waals surface area contributed by atoms with Crippen LogP contribution in [-0.4, -0.2) is 92.7 Å². The lowest BCUT2D eigenvalue weighted by molar-refractivity contribution is -0.146. The van der Waals surface area contributed by atoms with Crippen LogP contribution in [0, 0.1) is 17.8 Å². The number of fused-ring (bicyclic) bond motifs is 2. The number of piperidine rings is 1. The number of amides is 1. The van der Waals surface area contributed by atoms with E-state index in [9.17, 15) is 19.8 Å². The lowest BCUT2D eigenvalue weighted by Crippen LogP contribution is -2.68. The molecule has 4 aliphatic rings. The van der Waals surface area contributed by atoms with Crippen LogP contribution in [0.15, 0.2) is 155 Å². The Morgan fingerprint density at radius 2 is 1.22 bits per heavy atom. The van der Waals surface area contributed by atoms with Gasteiger partial charge in [-0.1, -0.05) is 190 Å². The molecular weight excluding hydrogens is 1170 g/mol. The molecule has 5 aromatic carbocycles. The summed E-state index contributed by atoms with van der Waals surface area (Å²) in [6, 6.07) is 48.0. The highest BCUT2D eigenvalue weighted by Crippen LogP contribution is 2.47. The molecule has 2 heterocycles. The predicted molar refractivity (Wildman–Crippen MR) is 331 cm³/mol. The molecule has 1 aromatic heterocycles. The van der Waals surface area contributed by atoms with Gasteiger partial charge < -0.3 is 29.1 Å². The molecule has 9 nitrogen and oxygen atoms in total. The van der Waals surface area contributed by atoms with E-state index in [1.54, 1.807) is 0 Å². The zero-order valence-corrected chi connectivity index (χ0v) is 53.0. The van der Waals surface area contributed by atoms with Gasteiger partial charge in [0.05, 0.1) is 36.0 Å². The van der Waals surface area contributed by atoms with Gasteiger partial charge in [-0.2, -0.15) is 0 Å². The van der Waals surface area contributed by atoms with Crippen LogP contribution >= 0.6 is 43.5 Å². The van der Waals surface area contributed by atoms with E-state index in [-0.39, 0.29) is 35.0 Å². The second-order valence-electron chi connectivity index (χ2n) is 24.1. The van der Waals surface area contributed by atoms with Crippen molar-refractivity contribution in [2.45, 2.75) is 147 Å². The van der Waals surface area contributed by atoms with Crippen LogP contribution in [0.3, 0.4) is 0 Å². The zero-order valence-electron chi connectivity index (χ0n) is 46.7. The first-order valence-electron chi connectivity index (χ1n) is 28.2. The highest BCUT2D eigenvalue weighted by molar-refractivity contribution is 9.10. The normalized spacial score (nSPS) is 22.8. The molecule has 1 saturated heterocycles. The van der Waals surface area contributed by atoms with Gasteiger partial charge in [-0.15, -0.1) is 0 Å². The molecule has 6 aromatic rings. The molecule has 1 unspecified atom stereocenters. The summed E-state index contributed by atoms with van der Waals surface area (Å²) in [6.07, 6.45) is 7.02. The SMILES string of the molecule is CC(C)(C)[Si](O[C@@H]1CCC(C(=O)N2CCC([C@H]3c4ncc(Br)cc4CCc4cc(Cl)cc(Br)c43)CC2)C[C@H]1O)(c1ccccc1)c1ccccc1.CC(C)(C)c1ccccc1.O=C(O)[C@H]1CC[C@@H](O[SiH2]c2ccccc2)[C@H](O)C1. The van der Waals surface area contributed by atoms with Crippen molar-refractivity contribution in [1.29, 1.82) is 0 Å². The lowest BCUT2D eigenvalue weighted by atomic mass is 9.76. The van der Waals surface area contributed by atoms with Crippen molar-refractivity contribution in [2.75, 3.05) is 13.1 Å². The number of halogens is 3. The lowest BCUT2D eigenvalue weighted by Gasteiger charge is -2.47. The van der Waals surface area contributed by atoms with Gasteiger partial charge in [0.25, 0.3) is 8.32 Å². The van der Waals surface area contributed by atoms with E-state index in [4.69, 9.17) is 30.5 Å². The van der Waals surface area contributed by atoms with Crippen molar-refractivity contribution >= 4 is 89.0 Å². The van der Waals surface area contributed by atoms with E-state index >= 15 is 0 Å². The van der Waals surface area contributed by atoms with Crippen molar-refractivity contribution in [1.82, 2.24) is 9.88 Å². The second kappa shape index (κ2) is 27.2. The number of pyridine rings is 1. The number of carbonyl (C=O) groups is 2. The number of aryl methyl sites for hydroxylation is 2. The van der Waals surface area contributed by atoms with Crippen LogP contribution in [0.1, 0.15) is 127 Å². The van der Waals surface area contributed by atoms with Crippen LogP contribution in [0.4, 0.5) is 0 Å². The number of aromatic nitrogens is 1. The fraction of sp³-hybridized carbons (Fsp3) is 0.431. The van der Waals surface area contributed by atoms with Crippen molar-refractivity contribution < 1.29 is 33.8 Å². The second-order valence-corrected chi connectivity index (χ2v) is 32.0. The number of hydrogen-bond donors (Lipinski definition) is 3. The van der Waals surface area contributed by atoms with Gasteiger partial charge in [-0.05, 0) is 153 Å². The molecule has 14 heteroatoms. The standard InChI is InChI=1S/C42H47Br2ClN2O3Si.C13H18O4Si.C10H14/c1-42(2,3)51(33-10-6-4-7-11-33,34-12-8-5-9-13-34)50-37-17-16-30(24-36(37)48)41(49)47-20-18-27(19-21-47)39-38-28(23-32(45)25-35(38)44)14-15-29-22-31(43)26-46-40(29)39;14-11-8-9(13(15)16)6-7-12(11)17-18-10-4-2-1-3-5-10;1-10(2,3)9-7-5-4-6-8-9/h4-13,22-23,25-27,30,36-37,39,48H,14-21,24H2,1-3H3;1-5,9,11-12,14H,6-8,18H2,(H,15,16);4-8H,1-3H3/t30?,36-,37-,39-;9-,11+,12+;/m10./s1. The fourth-order valence-electron chi connectivity index (χ4n) is 12.4. The average Bonchev–Trinajstić information content (AvgIpc) is 3.71. The molecule has 2 saturated carbocycles. The minimum atomic E-state index is -2.82. The predicted octanol–water partition coefficient (Wildman–Crippen LogP) is 11.8. The summed E-state index contributed by atoms with van der Waals surface area (Å²) in [5.74, 6) is -0.785. The number of carboxylic acid groups (broad SMARTS) is 1. The maximum absolute atomic E-state index is 14.1. The number of carboxylic acids is 1. The zero-order chi connectivity index (χ0) is 56.5. The van der Waals surface area contributed by atoms with Crippen LogP contribution < -0.4 is 15.6 Å². The first kappa shape index (κ1) is 60.8. The monoisotopic (exact) mass is 1250 g/mol. The molecule has 10 rings (SSSR count). The number of nitrogens with zero attached hydrogens (tertiary/aromatic N) is 2. The van der Waals surface area contributed by atoms with E-state index in [0.29, 0.717) is 62.9 Å². The van der Waals surface area contributed by atoms with Crippen molar-refractivity contribution in [3.8, 4) is 0 Å². The number of benzene rings is 5. The third-order valence-electron chi connectivity index (χ3n) is 16.6. The quantitative estimate of drug-likeness (QED) is 0.116. The van der Waals surface area contributed by atoms with Gasteiger partial charge in [0.15, 0.2) is 9.76 Å². The van der Waals surface area contributed by atoms with Crippen LogP contribution in [0.25, 0.3) is 0 Å². The van der Waals surface area contributed by atoms with E-state index < -0.39 is 42.2 Å². The first-order valence-corrected chi connectivity index (χ1v) is 33.4. The third kappa shape index (κ3) is 15.0. The summed E-state index contributed by atoms with van der Waals surface area (Å²) in [5.41, 5.74) is 6.68. The van der Waals surface area contributed by atoms with Crippen molar-refractivity contribution in [3.05, 3.63) is 188 Å². The molecule has 3 fully saturated rings. The molecule has 7 atom stereocenters. The van der Waals surface area contributed by atoms with E-state index in [1.165, 1.54) is 37.8 Å². The molecule has 79 heavy (non-hydrogen) atoms. The summed E-state index contributed by atoms with van der Waals surface area (Å²) in [6.45, 7) is 14.9. The van der Waals surface area contributed by atoms with Crippen LogP contribution in [0.2, 0.25) is 10.1 Å². The van der Waals surface area contributed by atoms with Crippen molar-refractivity contribution in [3.63, 3.8) is 0 Å². The Labute approximate surface area is 494 Å². The summed E-state index contributed by atoms with van der Waals surface area (Å²) >= 11 is 14.1. The van der Waals surface area contributed by atoms with Gasteiger partial charge in [0.2, 0.25) is 5.91 Å². The topological polar surface area (TPSA) is 129 Å². The number of hydrogen-bond acceptors (Lipinski definition) is 7. The molecule has 3 N–H and O–H groups in total. The molecular formula is C65H79Br2ClN2O7Si2. The smallest absolute Gasteiger partial charge is 0.306 e. The molecule has 0 radical (unpaired) electrons. The largest absolute Gasteiger partial charge is 0.481 e. The highest BCUT2D eigenvalue weighted by Gasteiger charge is 2.53. The number of aliphatic hydroxyl groups excluding tert-OH is 2. The van der Waals surface area contributed by atoms with Gasteiger partial charge in [0.1, 0.15) is 0 Å². The van der Waals surface area contributed by atoms with Gasteiger partial charge in [-0.3, -0.25) is 14.6 Å². The van der Waals surface area contributed by atoms with Crippen LogP contribution in [-0.2, 0) is 36.7 Å². The third-order valence-corrected chi connectivity index (χ3v) is 24.4. The van der Waals surface area contributed by atoms with E-state index in [1.807, 2.05) is 54.7 Å². The Hall–Kier alpha value is -4.29. The number of rotatable bonds is 10. The maximum Gasteiger partial charge on any atom is 0.306 e. The fourth-order valence-corrected chi connectivity index (χ4v) is 19.9. The molecule has 3 aliphatic carbocycles. The summed E-state index contributed by atoms with van der Waals surface area (Å²) < 4.78 is 15.2. The van der Waals surface area contributed by atoms with E-state index in [2.05, 4.69) is 169 Å². The Bertz CT molecular complexity index is 2900. The number of aliphatic hydroxyl groups is 2. The van der Waals surface area contributed by atoms with E-state index in [0.717, 1.165) is 45.3 Å². The molecule has 0 bridgehead atoms. The Kier molecular flexibility index (Phi) is 20.9. The summed E-state index contributed by atoms with van der Waals surface area (Å²) in [5, 5.41) is 34.7. The average molecular weight is 1250 g/mol. The Balaban J connectivity index is 0.000000238. The number of carbonyl (C=O) groups excluding carboxylic acids is 1.